The van der Waals surface area contributed by atoms with Crippen LogP contribution in [0.2, 0.25) is 5.02 Å². The first-order valence-electron chi connectivity index (χ1n) is 9.67. The highest BCUT2D eigenvalue weighted by Gasteiger charge is 2.17. The topological polar surface area (TPSA) is 40.2 Å². The summed E-state index contributed by atoms with van der Waals surface area (Å²) in [6, 6.07) is 15.2. The van der Waals surface area contributed by atoms with Crippen molar-refractivity contribution >= 4 is 53.1 Å². The highest BCUT2D eigenvalue weighted by molar-refractivity contribution is 6.33. The number of benzene rings is 2. The maximum absolute atomic E-state index is 6.62. The molecule has 0 spiro atoms. The lowest BCUT2D eigenvalue weighted by Crippen LogP contribution is -2.44. The quantitative estimate of drug-likeness (QED) is 0.604. The fourth-order valence-electron chi connectivity index (χ4n) is 4.21. The van der Waals surface area contributed by atoms with Gasteiger partial charge in [0.25, 0.3) is 0 Å². The molecule has 7 heteroatoms. The van der Waals surface area contributed by atoms with Crippen LogP contribution < -0.4 is 15.5 Å². The van der Waals surface area contributed by atoms with Gasteiger partial charge in [0.1, 0.15) is 5.82 Å². The van der Waals surface area contributed by atoms with E-state index >= 15 is 0 Å². The van der Waals surface area contributed by atoms with Gasteiger partial charge >= 0.3 is 0 Å². The highest BCUT2D eigenvalue weighted by Crippen LogP contribution is 2.33. The number of piperazine rings is 1. The van der Waals surface area contributed by atoms with Crippen LogP contribution >= 0.6 is 36.4 Å². The Kier molecular flexibility index (Phi) is 7.25. The van der Waals surface area contributed by atoms with E-state index in [-0.39, 0.29) is 24.8 Å². The van der Waals surface area contributed by atoms with Gasteiger partial charge in [0.2, 0.25) is 0 Å². The van der Waals surface area contributed by atoms with Gasteiger partial charge in [-0.15, -0.1) is 24.8 Å². The summed E-state index contributed by atoms with van der Waals surface area (Å²) in [6.45, 7) is 5.84. The summed E-state index contributed by atoms with van der Waals surface area (Å²) in [4.78, 5) is 7.15. The van der Waals surface area contributed by atoms with Crippen LogP contribution in [0.25, 0.3) is 22.0 Å². The Bertz CT molecular complexity index is 1000. The fourth-order valence-corrected chi connectivity index (χ4v) is 4.49. The molecule has 2 aromatic carbocycles. The molecule has 0 aliphatic carbocycles. The van der Waals surface area contributed by atoms with Gasteiger partial charge < -0.3 is 15.5 Å². The molecule has 0 saturated carbocycles. The molecule has 0 amide bonds. The molecule has 5 rings (SSSR count). The van der Waals surface area contributed by atoms with Crippen LogP contribution in [0.3, 0.4) is 0 Å². The number of nitrogens with one attached hydrogen (secondary N) is 2. The second kappa shape index (κ2) is 9.50. The monoisotopic (exact) mass is 450 g/mol. The first-order chi connectivity index (χ1) is 13.3. The molecule has 1 aromatic heterocycles. The van der Waals surface area contributed by atoms with Crippen LogP contribution in [0.5, 0.6) is 0 Å². The van der Waals surface area contributed by atoms with Crippen LogP contribution in [0.15, 0.2) is 42.5 Å². The van der Waals surface area contributed by atoms with E-state index in [4.69, 9.17) is 16.6 Å². The van der Waals surface area contributed by atoms with Gasteiger partial charge in [-0.3, -0.25) is 0 Å². The lowest BCUT2D eigenvalue weighted by molar-refractivity contribution is 0.585. The average Bonchev–Trinajstić information content (AvgIpc) is 2.73. The molecule has 154 valence electrons. The standard InChI is InChI=1S/C22H23ClN4.2ClH/c23-20-13-17-12-15(18-3-1-2-16-14-25-7-6-19(16)18)4-5-21(17)26-22(20)27-10-8-24-9-11-27;;/h1-5,12-13,24-25H,6-11,14H2;2*1H. The first kappa shape index (κ1) is 22.1. The Morgan fingerprint density at radius 2 is 1.76 bits per heavy atom. The van der Waals surface area contributed by atoms with Gasteiger partial charge in [-0.05, 0) is 53.4 Å². The second-order valence-electron chi connectivity index (χ2n) is 7.31. The molecule has 29 heavy (non-hydrogen) atoms. The molecule has 2 aliphatic rings. The zero-order valence-electron chi connectivity index (χ0n) is 16.1. The number of fused-ring (bicyclic) bond motifs is 2. The van der Waals surface area contributed by atoms with Gasteiger partial charge in [-0.25, -0.2) is 4.98 Å². The zero-order chi connectivity index (χ0) is 18.2. The third-order valence-corrected chi connectivity index (χ3v) is 5.90. The number of pyridine rings is 1. The fraction of sp³-hybridized carbons (Fsp3) is 0.318. The number of aromatic nitrogens is 1. The van der Waals surface area contributed by atoms with Gasteiger partial charge in [0, 0.05) is 38.1 Å². The molecule has 1 fully saturated rings. The molecule has 1 saturated heterocycles. The van der Waals surface area contributed by atoms with E-state index in [1.807, 2.05) is 0 Å². The Morgan fingerprint density at radius 1 is 0.931 bits per heavy atom. The van der Waals surface area contributed by atoms with Crippen molar-refractivity contribution in [3.8, 4) is 11.1 Å². The summed E-state index contributed by atoms with van der Waals surface area (Å²) in [5.41, 5.74) is 6.45. The number of rotatable bonds is 2. The van der Waals surface area contributed by atoms with Crippen LogP contribution in [-0.4, -0.2) is 37.7 Å². The smallest absolute Gasteiger partial charge is 0.148 e. The predicted molar refractivity (Wildman–Crippen MR) is 127 cm³/mol. The maximum Gasteiger partial charge on any atom is 0.148 e. The maximum atomic E-state index is 6.62. The van der Waals surface area contributed by atoms with Crippen LogP contribution in [0.1, 0.15) is 11.1 Å². The zero-order valence-corrected chi connectivity index (χ0v) is 18.5. The summed E-state index contributed by atoms with van der Waals surface area (Å²) < 4.78 is 0. The number of anilines is 1. The van der Waals surface area contributed by atoms with E-state index in [2.05, 4.69) is 58.0 Å². The molecular formula is C22H25Cl3N4. The molecular weight excluding hydrogens is 427 g/mol. The summed E-state index contributed by atoms with van der Waals surface area (Å²) in [6.07, 6.45) is 1.07. The van der Waals surface area contributed by atoms with Gasteiger partial charge in [0.05, 0.1) is 10.5 Å². The Balaban J connectivity index is 0.00000120. The first-order valence-corrected chi connectivity index (χ1v) is 10.1. The molecule has 0 radical (unpaired) electrons. The van der Waals surface area contributed by atoms with Gasteiger partial charge in [0.15, 0.2) is 0 Å². The molecule has 3 aromatic rings. The van der Waals surface area contributed by atoms with Crippen molar-refractivity contribution in [1.82, 2.24) is 15.6 Å². The Labute approximate surface area is 188 Å². The minimum atomic E-state index is 0. The van der Waals surface area contributed by atoms with Gasteiger partial charge in [-0.1, -0.05) is 35.9 Å². The third-order valence-electron chi connectivity index (χ3n) is 5.62. The van der Waals surface area contributed by atoms with Crippen molar-refractivity contribution in [2.45, 2.75) is 13.0 Å². The van der Waals surface area contributed by atoms with E-state index in [1.165, 1.54) is 22.3 Å². The van der Waals surface area contributed by atoms with E-state index in [0.717, 1.165) is 67.4 Å². The van der Waals surface area contributed by atoms with E-state index in [0.29, 0.717) is 0 Å². The summed E-state index contributed by atoms with van der Waals surface area (Å²) in [5, 5.41) is 8.67. The van der Waals surface area contributed by atoms with Crippen molar-refractivity contribution in [3.63, 3.8) is 0 Å². The minimum Gasteiger partial charge on any atom is -0.353 e. The van der Waals surface area contributed by atoms with Crippen molar-refractivity contribution in [2.75, 3.05) is 37.6 Å². The Morgan fingerprint density at radius 3 is 2.59 bits per heavy atom. The molecule has 2 N–H and O–H groups in total. The van der Waals surface area contributed by atoms with E-state index in [1.54, 1.807) is 0 Å². The second-order valence-corrected chi connectivity index (χ2v) is 7.72. The number of halogens is 3. The molecule has 2 aliphatic heterocycles. The van der Waals surface area contributed by atoms with Crippen LogP contribution in [0.4, 0.5) is 5.82 Å². The summed E-state index contributed by atoms with van der Waals surface area (Å²) >= 11 is 6.62. The van der Waals surface area contributed by atoms with Crippen molar-refractivity contribution in [1.29, 1.82) is 0 Å². The highest BCUT2D eigenvalue weighted by atomic mass is 35.5. The van der Waals surface area contributed by atoms with Gasteiger partial charge in [-0.2, -0.15) is 0 Å². The van der Waals surface area contributed by atoms with Crippen molar-refractivity contribution < 1.29 is 0 Å². The SMILES string of the molecule is Cl.Cl.Clc1cc2cc(-c3cccc4c3CCNC4)ccc2nc1N1CCNCC1. The van der Waals surface area contributed by atoms with Crippen LogP contribution in [-0.2, 0) is 13.0 Å². The lowest BCUT2D eigenvalue weighted by atomic mass is 9.91. The summed E-state index contributed by atoms with van der Waals surface area (Å²) in [5.74, 6) is 0.904. The molecule has 0 unspecified atom stereocenters. The Hall–Kier alpha value is -1.56. The largest absolute Gasteiger partial charge is 0.353 e. The lowest BCUT2D eigenvalue weighted by Gasteiger charge is -2.29. The van der Waals surface area contributed by atoms with E-state index < -0.39 is 0 Å². The number of hydrogen-bond donors (Lipinski definition) is 2. The summed E-state index contributed by atoms with van der Waals surface area (Å²) in [7, 11) is 0. The normalized spacial score (nSPS) is 16.0. The number of hydrogen-bond acceptors (Lipinski definition) is 4. The molecule has 0 bridgehead atoms. The van der Waals surface area contributed by atoms with Crippen molar-refractivity contribution in [3.05, 3.63) is 58.6 Å². The average molecular weight is 452 g/mol. The number of nitrogens with zero attached hydrogens (tertiary/aromatic N) is 2. The molecule has 3 heterocycles. The molecule has 4 nitrogen and oxygen atoms in total. The van der Waals surface area contributed by atoms with Crippen LogP contribution in [0, 0.1) is 0 Å². The third kappa shape index (κ3) is 4.32. The predicted octanol–water partition coefficient (Wildman–Crippen LogP) is 4.45. The molecule has 0 atom stereocenters. The van der Waals surface area contributed by atoms with E-state index in [9.17, 15) is 0 Å². The minimum absolute atomic E-state index is 0. The van der Waals surface area contributed by atoms with Crippen molar-refractivity contribution in [2.24, 2.45) is 0 Å².